The normalized spacial score (nSPS) is 21.0. The van der Waals surface area contributed by atoms with E-state index in [9.17, 15) is 4.79 Å². The van der Waals surface area contributed by atoms with E-state index in [1.54, 1.807) is 12.3 Å². The summed E-state index contributed by atoms with van der Waals surface area (Å²) in [6.07, 6.45) is 2.79. The third-order valence-electron chi connectivity index (χ3n) is 5.75. The fourth-order valence-electron chi connectivity index (χ4n) is 3.84. The van der Waals surface area contributed by atoms with Gasteiger partial charge in [0, 0.05) is 38.8 Å². The van der Waals surface area contributed by atoms with E-state index < -0.39 is 5.60 Å². The van der Waals surface area contributed by atoms with Gasteiger partial charge in [-0.2, -0.15) is 5.26 Å². The number of pyridine rings is 1. The monoisotopic (exact) mass is 406 g/mol. The van der Waals surface area contributed by atoms with E-state index in [1.165, 1.54) is 0 Å². The van der Waals surface area contributed by atoms with Crippen LogP contribution in [-0.4, -0.2) is 60.8 Å². The largest absolute Gasteiger partial charge is 0.374 e. The van der Waals surface area contributed by atoms with E-state index in [0.29, 0.717) is 44.9 Å². The van der Waals surface area contributed by atoms with Crippen LogP contribution in [-0.2, 0) is 20.9 Å². The Balaban J connectivity index is 1.25. The summed E-state index contributed by atoms with van der Waals surface area (Å²) in [5.74, 6) is 0.958. The van der Waals surface area contributed by atoms with E-state index in [0.717, 1.165) is 30.9 Å². The number of carbonyl (C=O) groups excluding carboxylic acids is 1. The van der Waals surface area contributed by atoms with Gasteiger partial charge in [-0.1, -0.05) is 30.3 Å². The Morgan fingerprint density at radius 2 is 1.93 bits per heavy atom. The van der Waals surface area contributed by atoms with Gasteiger partial charge in [-0.15, -0.1) is 0 Å². The quantitative estimate of drug-likeness (QED) is 0.702. The fraction of sp³-hybridized carbons (Fsp3) is 0.435. The number of rotatable bonds is 7. The summed E-state index contributed by atoms with van der Waals surface area (Å²) in [5.41, 5.74) is 1.18. The molecule has 0 aliphatic carbocycles. The van der Waals surface area contributed by atoms with Crippen LogP contribution in [0.4, 0.5) is 5.82 Å². The summed E-state index contributed by atoms with van der Waals surface area (Å²) in [5, 5.41) is 8.90. The van der Waals surface area contributed by atoms with Crippen molar-refractivity contribution in [3.63, 3.8) is 0 Å². The average Bonchev–Trinajstić information content (AvgIpc) is 2.78. The zero-order chi connectivity index (χ0) is 20.8. The zero-order valence-corrected chi connectivity index (χ0v) is 17.0. The van der Waals surface area contributed by atoms with Crippen LogP contribution >= 0.6 is 0 Å². The molecule has 0 saturated carbocycles. The first-order valence-electron chi connectivity index (χ1n) is 10.3. The maximum Gasteiger partial charge on any atom is 0.225 e. The lowest BCUT2D eigenvalue weighted by Gasteiger charge is -2.43. The van der Waals surface area contributed by atoms with Crippen molar-refractivity contribution in [3.05, 3.63) is 59.8 Å². The fourth-order valence-corrected chi connectivity index (χ4v) is 3.84. The summed E-state index contributed by atoms with van der Waals surface area (Å²) >= 11 is 0. The van der Waals surface area contributed by atoms with Gasteiger partial charge in [0.05, 0.1) is 31.8 Å². The molecule has 1 atom stereocenters. The Labute approximate surface area is 176 Å². The highest BCUT2D eigenvalue weighted by Crippen LogP contribution is 2.32. The smallest absolute Gasteiger partial charge is 0.225 e. The second kappa shape index (κ2) is 9.24. The van der Waals surface area contributed by atoms with Crippen molar-refractivity contribution in [2.45, 2.75) is 25.0 Å². The van der Waals surface area contributed by atoms with Gasteiger partial charge in [-0.05, 0) is 17.7 Å². The van der Waals surface area contributed by atoms with Crippen molar-refractivity contribution in [3.8, 4) is 6.07 Å². The Bertz CT molecular complexity index is 883. The lowest BCUT2D eigenvalue weighted by atomic mass is 9.91. The average molecular weight is 406 g/mol. The Morgan fingerprint density at radius 3 is 2.53 bits per heavy atom. The molecule has 1 amide bonds. The summed E-state index contributed by atoms with van der Waals surface area (Å²) in [4.78, 5) is 21.3. The number of aromatic nitrogens is 1. The Hall–Kier alpha value is -2.95. The highest BCUT2D eigenvalue weighted by atomic mass is 16.6. The van der Waals surface area contributed by atoms with Gasteiger partial charge in [0.25, 0.3) is 0 Å². The molecule has 2 fully saturated rings. The maximum atomic E-state index is 12.9. The van der Waals surface area contributed by atoms with Crippen LogP contribution in [0.1, 0.15) is 24.0 Å². The first-order chi connectivity index (χ1) is 14.7. The van der Waals surface area contributed by atoms with Gasteiger partial charge in [0.2, 0.25) is 5.91 Å². The van der Waals surface area contributed by atoms with E-state index in [4.69, 9.17) is 14.7 Å². The first kappa shape index (κ1) is 20.3. The molecule has 0 N–H and O–H groups in total. The highest BCUT2D eigenvalue weighted by Gasteiger charge is 2.42. The van der Waals surface area contributed by atoms with E-state index >= 15 is 0 Å². The molecule has 0 bridgehead atoms. The van der Waals surface area contributed by atoms with E-state index in [2.05, 4.69) is 16.0 Å². The van der Waals surface area contributed by atoms with Crippen molar-refractivity contribution in [2.75, 3.05) is 44.3 Å². The molecule has 2 aromatic rings. The number of hydrogen-bond acceptors (Lipinski definition) is 6. The molecule has 7 heteroatoms. The maximum absolute atomic E-state index is 12.9. The molecule has 2 saturated heterocycles. The van der Waals surface area contributed by atoms with Gasteiger partial charge >= 0.3 is 0 Å². The predicted molar refractivity (Wildman–Crippen MR) is 112 cm³/mol. The minimum absolute atomic E-state index is 0.116. The number of amides is 1. The van der Waals surface area contributed by atoms with Gasteiger partial charge in [-0.25, -0.2) is 4.98 Å². The number of ether oxygens (including phenoxy) is 2. The van der Waals surface area contributed by atoms with E-state index in [1.807, 2.05) is 41.3 Å². The summed E-state index contributed by atoms with van der Waals surface area (Å²) < 4.78 is 11.7. The van der Waals surface area contributed by atoms with Crippen LogP contribution in [0, 0.1) is 11.3 Å². The minimum atomic E-state index is -0.488. The van der Waals surface area contributed by atoms with E-state index in [-0.39, 0.29) is 5.91 Å². The lowest BCUT2D eigenvalue weighted by molar-refractivity contribution is -0.192. The van der Waals surface area contributed by atoms with Crippen LogP contribution in [0.15, 0.2) is 48.7 Å². The molecule has 156 valence electrons. The lowest BCUT2D eigenvalue weighted by Crippen LogP contribution is -2.54. The van der Waals surface area contributed by atoms with Crippen molar-refractivity contribution in [2.24, 2.45) is 0 Å². The van der Waals surface area contributed by atoms with Crippen LogP contribution < -0.4 is 4.90 Å². The molecule has 2 aliphatic heterocycles. The van der Waals surface area contributed by atoms with Crippen molar-refractivity contribution >= 4 is 11.7 Å². The third kappa shape index (κ3) is 4.78. The van der Waals surface area contributed by atoms with Gasteiger partial charge in [-0.3, -0.25) is 4.79 Å². The molecule has 1 aromatic carbocycles. The van der Waals surface area contributed by atoms with Crippen LogP contribution in [0.5, 0.6) is 0 Å². The molecular formula is C23H26N4O3. The van der Waals surface area contributed by atoms with Crippen LogP contribution in [0.3, 0.4) is 0 Å². The van der Waals surface area contributed by atoms with Gasteiger partial charge in [0.1, 0.15) is 17.5 Å². The molecule has 0 spiro atoms. The zero-order valence-electron chi connectivity index (χ0n) is 17.0. The number of benzene rings is 1. The predicted octanol–water partition coefficient (Wildman–Crippen LogP) is 2.37. The highest BCUT2D eigenvalue weighted by molar-refractivity contribution is 5.77. The number of anilines is 1. The third-order valence-corrected chi connectivity index (χ3v) is 5.75. The summed E-state index contributed by atoms with van der Waals surface area (Å²) in [7, 11) is 0. The number of piperazine rings is 1. The van der Waals surface area contributed by atoms with Gasteiger partial charge < -0.3 is 19.3 Å². The number of nitrogens with zero attached hydrogens (tertiary/aromatic N) is 4. The van der Waals surface area contributed by atoms with Crippen LogP contribution in [0.2, 0.25) is 0 Å². The molecule has 3 heterocycles. The summed E-state index contributed by atoms with van der Waals surface area (Å²) in [6.45, 7) is 4.40. The summed E-state index contributed by atoms with van der Waals surface area (Å²) in [6, 6.07) is 15.7. The molecule has 4 rings (SSSR count). The standard InChI is InChI=1S/C23H26N4O3/c24-15-20-6-7-21(25-16-20)26-9-11-27(12-10-26)22(28)14-23(8-13-30-23)18-29-17-19-4-2-1-3-5-19/h1-7,16H,8-14,17-18H2. The second-order valence-electron chi connectivity index (χ2n) is 7.82. The SMILES string of the molecule is N#Cc1ccc(N2CCN(C(=O)CC3(COCc4ccccc4)CCO3)CC2)nc1. The topological polar surface area (TPSA) is 78.7 Å². The number of carbonyl (C=O) groups is 1. The molecule has 7 nitrogen and oxygen atoms in total. The first-order valence-corrected chi connectivity index (χ1v) is 10.3. The number of hydrogen-bond donors (Lipinski definition) is 0. The Kier molecular flexibility index (Phi) is 6.26. The Morgan fingerprint density at radius 1 is 1.17 bits per heavy atom. The van der Waals surface area contributed by atoms with Crippen molar-refractivity contribution < 1.29 is 14.3 Å². The molecule has 0 radical (unpaired) electrons. The molecule has 30 heavy (non-hydrogen) atoms. The molecule has 1 aromatic heterocycles. The minimum Gasteiger partial charge on any atom is -0.374 e. The van der Waals surface area contributed by atoms with Crippen LogP contribution in [0.25, 0.3) is 0 Å². The second-order valence-corrected chi connectivity index (χ2v) is 7.82. The van der Waals surface area contributed by atoms with Crippen molar-refractivity contribution in [1.82, 2.24) is 9.88 Å². The molecular weight excluding hydrogens is 380 g/mol. The van der Waals surface area contributed by atoms with Crippen molar-refractivity contribution in [1.29, 1.82) is 5.26 Å². The molecule has 1 unspecified atom stereocenters. The molecule has 2 aliphatic rings. The number of nitriles is 1. The van der Waals surface area contributed by atoms with Gasteiger partial charge in [0.15, 0.2) is 0 Å².